The number of aromatic nitrogens is 4. The minimum Gasteiger partial charge on any atom is -0.351 e. The molecule has 104 valence electrons. The second kappa shape index (κ2) is 5.30. The first-order chi connectivity index (χ1) is 10.2. The van der Waals surface area contributed by atoms with Crippen LogP contribution in [0.3, 0.4) is 0 Å². The molecule has 0 radical (unpaired) electrons. The Bertz CT molecular complexity index is 876. The number of anilines is 1. The smallest absolute Gasteiger partial charge is 0.268 e. The van der Waals surface area contributed by atoms with E-state index in [9.17, 15) is 4.79 Å². The van der Waals surface area contributed by atoms with E-state index in [4.69, 9.17) is 5.26 Å². The lowest BCUT2D eigenvalue weighted by molar-refractivity contribution is 0.810. The van der Waals surface area contributed by atoms with Crippen molar-refractivity contribution in [1.82, 2.24) is 20.2 Å². The molecule has 0 saturated carbocycles. The van der Waals surface area contributed by atoms with Crippen LogP contribution < -0.4 is 10.5 Å². The number of H-pyrrole nitrogens is 1. The van der Waals surface area contributed by atoms with Gasteiger partial charge in [-0.1, -0.05) is 0 Å². The van der Waals surface area contributed by atoms with Gasteiger partial charge in [-0.05, 0) is 23.6 Å². The van der Waals surface area contributed by atoms with Crippen molar-refractivity contribution in [2.45, 2.75) is 6.54 Å². The minimum absolute atomic E-state index is 0.135. The summed E-state index contributed by atoms with van der Waals surface area (Å²) in [6.45, 7) is 0.390. The topological polar surface area (TPSA) is 98.6 Å². The third kappa shape index (κ3) is 2.59. The van der Waals surface area contributed by atoms with Crippen LogP contribution in [0.2, 0.25) is 0 Å². The fourth-order valence-electron chi connectivity index (χ4n) is 1.89. The number of thiophene rings is 1. The molecular formula is C13H10N6OS. The van der Waals surface area contributed by atoms with Gasteiger partial charge in [-0.15, -0.1) is 21.5 Å². The zero-order valence-corrected chi connectivity index (χ0v) is 11.9. The van der Waals surface area contributed by atoms with E-state index in [0.717, 1.165) is 0 Å². The molecule has 0 saturated heterocycles. The Labute approximate surface area is 123 Å². The normalized spacial score (nSPS) is 10.5. The van der Waals surface area contributed by atoms with Crippen LogP contribution in [-0.4, -0.2) is 27.2 Å². The van der Waals surface area contributed by atoms with Crippen LogP contribution in [0.4, 0.5) is 5.82 Å². The molecule has 0 aliphatic rings. The number of hydrogen-bond donors (Lipinski definition) is 1. The fraction of sp³-hybridized carbons (Fsp3) is 0.154. The maximum Gasteiger partial charge on any atom is 0.268 e. The number of nitrogens with zero attached hydrogens (tertiary/aromatic N) is 5. The first-order valence-electron chi connectivity index (χ1n) is 6.09. The molecule has 0 aromatic carbocycles. The number of rotatable bonds is 3. The SMILES string of the molecule is CN(Cc1nc2ccsc2c(=O)[nH]1)c1ccc(C#N)nn1. The summed E-state index contributed by atoms with van der Waals surface area (Å²) in [5.74, 6) is 1.15. The average molecular weight is 298 g/mol. The van der Waals surface area contributed by atoms with Gasteiger partial charge in [0.15, 0.2) is 11.5 Å². The standard InChI is InChI=1S/C13H10N6OS/c1-19(11-3-2-8(6-14)17-18-11)7-10-15-9-4-5-21-12(9)13(20)16-10/h2-5H,7H2,1H3,(H,15,16,20). The lowest BCUT2D eigenvalue weighted by Crippen LogP contribution is -2.22. The van der Waals surface area contributed by atoms with Gasteiger partial charge >= 0.3 is 0 Å². The van der Waals surface area contributed by atoms with Crippen molar-refractivity contribution in [3.05, 3.63) is 45.5 Å². The lowest BCUT2D eigenvalue weighted by atomic mass is 10.4. The summed E-state index contributed by atoms with van der Waals surface area (Å²) >= 11 is 1.37. The molecule has 3 aromatic rings. The number of fused-ring (bicyclic) bond motifs is 1. The molecule has 0 fully saturated rings. The maximum atomic E-state index is 11.9. The first kappa shape index (κ1) is 13.2. The summed E-state index contributed by atoms with van der Waals surface area (Å²) in [6.07, 6.45) is 0. The summed E-state index contributed by atoms with van der Waals surface area (Å²) in [7, 11) is 1.81. The molecular weight excluding hydrogens is 288 g/mol. The summed E-state index contributed by atoms with van der Waals surface area (Å²) in [5.41, 5.74) is 0.820. The van der Waals surface area contributed by atoms with E-state index in [2.05, 4.69) is 20.2 Å². The van der Waals surface area contributed by atoms with Crippen molar-refractivity contribution in [1.29, 1.82) is 5.26 Å². The van der Waals surface area contributed by atoms with Crippen LogP contribution in [0.1, 0.15) is 11.5 Å². The zero-order valence-electron chi connectivity index (χ0n) is 11.1. The Morgan fingerprint density at radius 3 is 2.95 bits per heavy atom. The number of hydrogen-bond acceptors (Lipinski definition) is 7. The van der Waals surface area contributed by atoms with Crippen LogP contribution in [0.15, 0.2) is 28.4 Å². The van der Waals surface area contributed by atoms with Crippen molar-refractivity contribution >= 4 is 27.4 Å². The van der Waals surface area contributed by atoms with E-state index in [1.54, 1.807) is 17.0 Å². The predicted molar refractivity (Wildman–Crippen MR) is 79.1 cm³/mol. The third-order valence-corrected chi connectivity index (χ3v) is 3.81. The quantitative estimate of drug-likeness (QED) is 0.782. The first-order valence-corrected chi connectivity index (χ1v) is 6.96. The van der Waals surface area contributed by atoms with Gasteiger partial charge < -0.3 is 9.88 Å². The molecule has 7 nitrogen and oxygen atoms in total. The molecule has 3 aromatic heterocycles. The molecule has 0 atom stereocenters. The van der Waals surface area contributed by atoms with E-state index in [0.29, 0.717) is 28.4 Å². The Balaban J connectivity index is 1.86. The van der Waals surface area contributed by atoms with Gasteiger partial charge in [-0.3, -0.25) is 4.79 Å². The Hall–Kier alpha value is -2.79. The predicted octanol–water partition coefficient (Wildman–Crippen LogP) is 1.28. The molecule has 21 heavy (non-hydrogen) atoms. The highest BCUT2D eigenvalue weighted by molar-refractivity contribution is 7.17. The highest BCUT2D eigenvalue weighted by Gasteiger charge is 2.09. The van der Waals surface area contributed by atoms with Gasteiger partial charge in [0.2, 0.25) is 0 Å². The van der Waals surface area contributed by atoms with Crippen LogP contribution in [0, 0.1) is 11.3 Å². The Morgan fingerprint density at radius 1 is 1.38 bits per heavy atom. The van der Waals surface area contributed by atoms with Gasteiger partial charge in [0.05, 0.1) is 12.1 Å². The summed E-state index contributed by atoms with van der Waals surface area (Å²) in [4.78, 5) is 20.9. The van der Waals surface area contributed by atoms with Gasteiger partial charge in [0.25, 0.3) is 5.56 Å². The minimum atomic E-state index is -0.135. The van der Waals surface area contributed by atoms with Gasteiger partial charge in [0, 0.05) is 7.05 Å². The molecule has 0 bridgehead atoms. The van der Waals surface area contributed by atoms with Crippen molar-refractivity contribution in [3.8, 4) is 6.07 Å². The Kier molecular flexibility index (Phi) is 3.33. The summed E-state index contributed by atoms with van der Waals surface area (Å²) in [5, 5.41) is 18.3. The van der Waals surface area contributed by atoms with Crippen molar-refractivity contribution in [2.75, 3.05) is 11.9 Å². The summed E-state index contributed by atoms with van der Waals surface area (Å²) in [6, 6.07) is 7.03. The maximum absolute atomic E-state index is 11.9. The van der Waals surface area contributed by atoms with E-state index < -0.39 is 0 Å². The molecule has 8 heteroatoms. The molecule has 0 amide bonds. The van der Waals surface area contributed by atoms with Gasteiger partial charge in [-0.2, -0.15) is 5.26 Å². The fourth-order valence-corrected chi connectivity index (χ4v) is 2.62. The third-order valence-electron chi connectivity index (χ3n) is 2.91. The second-order valence-electron chi connectivity index (χ2n) is 4.39. The zero-order chi connectivity index (χ0) is 14.8. The van der Waals surface area contributed by atoms with E-state index in [1.807, 2.05) is 24.6 Å². The Morgan fingerprint density at radius 2 is 2.24 bits per heavy atom. The van der Waals surface area contributed by atoms with Crippen molar-refractivity contribution in [3.63, 3.8) is 0 Å². The monoisotopic (exact) mass is 298 g/mol. The van der Waals surface area contributed by atoms with E-state index >= 15 is 0 Å². The number of nitrogens with one attached hydrogen (secondary N) is 1. The van der Waals surface area contributed by atoms with E-state index in [-0.39, 0.29) is 11.3 Å². The van der Waals surface area contributed by atoms with Crippen LogP contribution in [0.25, 0.3) is 10.2 Å². The highest BCUT2D eigenvalue weighted by Crippen LogP contribution is 2.15. The number of aromatic amines is 1. The molecule has 3 rings (SSSR count). The van der Waals surface area contributed by atoms with Gasteiger partial charge in [-0.25, -0.2) is 4.98 Å². The molecule has 0 unspecified atom stereocenters. The number of nitriles is 1. The largest absolute Gasteiger partial charge is 0.351 e. The molecule has 0 aliphatic carbocycles. The van der Waals surface area contributed by atoms with Gasteiger partial charge in [0.1, 0.15) is 16.6 Å². The second-order valence-corrected chi connectivity index (χ2v) is 5.31. The van der Waals surface area contributed by atoms with Crippen molar-refractivity contribution in [2.24, 2.45) is 0 Å². The average Bonchev–Trinajstić information content (AvgIpc) is 2.96. The molecule has 3 heterocycles. The van der Waals surface area contributed by atoms with Crippen LogP contribution in [-0.2, 0) is 6.54 Å². The molecule has 0 aliphatic heterocycles. The lowest BCUT2D eigenvalue weighted by Gasteiger charge is -2.16. The van der Waals surface area contributed by atoms with Crippen molar-refractivity contribution < 1.29 is 0 Å². The summed E-state index contributed by atoms with van der Waals surface area (Å²) < 4.78 is 0.625. The van der Waals surface area contributed by atoms with Crippen LogP contribution in [0.5, 0.6) is 0 Å². The van der Waals surface area contributed by atoms with Crippen LogP contribution >= 0.6 is 11.3 Å². The molecule has 0 spiro atoms. The molecule has 1 N–H and O–H groups in total. The van der Waals surface area contributed by atoms with E-state index in [1.165, 1.54) is 11.3 Å². The highest BCUT2D eigenvalue weighted by atomic mass is 32.1.